The predicted molar refractivity (Wildman–Crippen MR) is 82.9 cm³/mol. The number of nitro benzene ring substituents is 1. The van der Waals surface area contributed by atoms with Crippen molar-refractivity contribution in [3.63, 3.8) is 0 Å². The largest absolute Gasteiger partial charge is 0.501 e. The Balaban J connectivity index is 0.00000192. The Kier molecular flexibility index (Phi) is 5.06. The van der Waals surface area contributed by atoms with Crippen molar-refractivity contribution < 1.29 is 27.4 Å². The molecular formula is C16H11CrN3O3. The molecule has 23 heavy (non-hydrogen) atoms. The van der Waals surface area contributed by atoms with E-state index in [-0.39, 0.29) is 28.7 Å². The summed E-state index contributed by atoms with van der Waals surface area (Å²) in [7, 11) is 0. The molecule has 0 unspecified atom stereocenters. The monoisotopic (exact) mass is 345 g/mol. The van der Waals surface area contributed by atoms with Crippen LogP contribution in [0.15, 0.2) is 70.9 Å². The number of aromatic hydroxyl groups is 1. The van der Waals surface area contributed by atoms with Crippen molar-refractivity contribution in [1.82, 2.24) is 0 Å². The summed E-state index contributed by atoms with van der Waals surface area (Å²) >= 11 is 0. The van der Waals surface area contributed by atoms with Gasteiger partial charge in [-0.05, 0) is 17.5 Å². The van der Waals surface area contributed by atoms with Crippen LogP contribution in [0.1, 0.15) is 0 Å². The molecule has 3 aromatic carbocycles. The number of nitrogens with zero attached hydrogens (tertiary/aromatic N) is 3. The number of hydrogen-bond donors (Lipinski definition) is 1. The van der Waals surface area contributed by atoms with Crippen molar-refractivity contribution in [2.75, 3.05) is 0 Å². The second kappa shape index (κ2) is 7.01. The number of hydrogen-bond acceptors (Lipinski definition) is 5. The number of phenols is 1. The van der Waals surface area contributed by atoms with Gasteiger partial charge in [0.15, 0.2) is 0 Å². The molecule has 0 aliphatic heterocycles. The van der Waals surface area contributed by atoms with Gasteiger partial charge in [0.25, 0.3) is 0 Å². The summed E-state index contributed by atoms with van der Waals surface area (Å²) in [6, 6.07) is 17.3. The van der Waals surface area contributed by atoms with Gasteiger partial charge in [0.05, 0.1) is 10.6 Å². The first-order valence-corrected chi connectivity index (χ1v) is 6.52. The average Bonchev–Trinajstić information content (AvgIpc) is 2.54. The average molecular weight is 345 g/mol. The first-order chi connectivity index (χ1) is 10.7. The van der Waals surface area contributed by atoms with Crippen molar-refractivity contribution in [2.45, 2.75) is 0 Å². The second-order valence-corrected chi connectivity index (χ2v) is 4.61. The molecule has 114 valence electrons. The summed E-state index contributed by atoms with van der Waals surface area (Å²) in [5.74, 6) is -0.483. The zero-order valence-corrected chi connectivity index (χ0v) is 13.1. The van der Waals surface area contributed by atoms with Gasteiger partial charge in [0, 0.05) is 28.8 Å². The molecule has 7 heteroatoms. The minimum absolute atomic E-state index is 0. The van der Waals surface area contributed by atoms with Gasteiger partial charge in [-0.3, -0.25) is 10.1 Å². The molecule has 0 saturated carbocycles. The van der Waals surface area contributed by atoms with Gasteiger partial charge in [0.2, 0.25) is 5.75 Å². The number of benzene rings is 3. The van der Waals surface area contributed by atoms with E-state index in [1.165, 1.54) is 6.07 Å². The normalized spacial score (nSPS) is 10.6. The van der Waals surface area contributed by atoms with Crippen LogP contribution in [0.3, 0.4) is 0 Å². The van der Waals surface area contributed by atoms with E-state index in [1.54, 1.807) is 48.5 Å². The SMILES string of the molecule is O=[N+]([O-])c1cc2ccccc2c(N=Nc2ccccc2)c1O.[Cr]. The Labute approximate surface area is 142 Å². The van der Waals surface area contributed by atoms with Crippen LogP contribution in [0, 0.1) is 10.1 Å². The standard InChI is InChI=1S/C16H11N3O3.Cr/c20-16-14(19(21)22)10-11-6-4-5-9-13(11)15(16)18-17-12-7-2-1-3-8-12;/h1-10,20H;. The van der Waals surface area contributed by atoms with E-state index in [0.717, 1.165) is 0 Å². The third kappa shape index (κ3) is 3.37. The van der Waals surface area contributed by atoms with Gasteiger partial charge >= 0.3 is 5.69 Å². The minimum atomic E-state index is -0.636. The van der Waals surface area contributed by atoms with Crippen molar-refractivity contribution in [2.24, 2.45) is 10.2 Å². The van der Waals surface area contributed by atoms with Crippen LogP contribution in [0.2, 0.25) is 0 Å². The van der Waals surface area contributed by atoms with E-state index in [0.29, 0.717) is 16.5 Å². The van der Waals surface area contributed by atoms with E-state index < -0.39 is 10.7 Å². The summed E-state index contributed by atoms with van der Waals surface area (Å²) in [6.07, 6.45) is 0. The first-order valence-electron chi connectivity index (χ1n) is 6.52. The molecule has 0 bridgehead atoms. The van der Waals surface area contributed by atoms with Gasteiger partial charge in [-0.25, -0.2) is 0 Å². The maximum Gasteiger partial charge on any atom is 0.313 e. The zero-order chi connectivity index (χ0) is 15.5. The quantitative estimate of drug-likeness (QED) is 0.417. The van der Waals surface area contributed by atoms with Gasteiger partial charge < -0.3 is 5.11 Å². The number of nitro groups is 1. The Bertz CT molecular complexity index is 882. The van der Waals surface area contributed by atoms with E-state index in [1.807, 2.05) is 6.07 Å². The van der Waals surface area contributed by atoms with Crippen LogP contribution in [-0.4, -0.2) is 10.0 Å². The van der Waals surface area contributed by atoms with Crippen molar-refractivity contribution in [3.8, 4) is 5.75 Å². The van der Waals surface area contributed by atoms with E-state index in [9.17, 15) is 15.2 Å². The molecule has 1 N–H and O–H groups in total. The van der Waals surface area contributed by atoms with Crippen LogP contribution >= 0.6 is 0 Å². The molecule has 6 nitrogen and oxygen atoms in total. The molecule has 0 aromatic heterocycles. The fourth-order valence-corrected chi connectivity index (χ4v) is 2.15. The summed E-state index contributed by atoms with van der Waals surface area (Å²) < 4.78 is 0. The Morgan fingerprint density at radius 2 is 1.61 bits per heavy atom. The van der Waals surface area contributed by atoms with Gasteiger partial charge in [-0.2, -0.15) is 5.11 Å². The summed E-state index contributed by atoms with van der Waals surface area (Å²) in [5, 5.41) is 30.5. The Morgan fingerprint density at radius 3 is 2.30 bits per heavy atom. The predicted octanol–water partition coefficient (Wildman–Crippen LogP) is 4.87. The van der Waals surface area contributed by atoms with Crippen LogP contribution in [-0.2, 0) is 17.4 Å². The van der Waals surface area contributed by atoms with Crippen LogP contribution in [0.5, 0.6) is 5.75 Å². The molecule has 0 atom stereocenters. The molecule has 3 aromatic rings. The molecule has 0 aliphatic rings. The third-order valence-electron chi connectivity index (χ3n) is 3.19. The molecule has 0 saturated heterocycles. The minimum Gasteiger partial charge on any atom is -0.501 e. The maximum atomic E-state index is 11.1. The Hall–Kier alpha value is -2.75. The number of azo groups is 1. The van der Waals surface area contributed by atoms with E-state index in [4.69, 9.17) is 0 Å². The van der Waals surface area contributed by atoms with Crippen LogP contribution in [0.25, 0.3) is 10.8 Å². The second-order valence-electron chi connectivity index (χ2n) is 4.61. The number of rotatable bonds is 3. The Morgan fingerprint density at radius 1 is 0.957 bits per heavy atom. The van der Waals surface area contributed by atoms with Crippen molar-refractivity contribution in [3.05, 3.63) is 70.8 Å². The molecular weight excluding hydrogens is 334 g/mol. The molecule has 0 aliphatic carbocycles. The summed E-state index contributed by atoms with van der Waals surface area (Å²) in [4.78, 5) is 10.4. The number of fused-ring (bicyclic) bond motifs is 1. The van der Waals surface area contributed by atoms with Crippen molar-refractivity contribution >= 4 is 27.8 Å². The van der Waals surface area contributed by atoms with Gasteiger partial charge in [-0.15, -0.1) is 5.11 Å². The topological polar surface area (TPSA) is 88.1 Å². The fraction of sp³-hybridized carbons (Fsp3) is 0. The number of phenolic OH excluding ortho intramolecular Hbond substituents is 1. The molecule has 0 fully saturated rings. The van der Waals surface area contributed by atoms with Crippen LogP contribution < -0.4 is 0 Å². The first kappa shape index (κ1) is 16.6. The maximum absolute atomic E-state index is 11.1. The van der Waals surface area contributed by atoms with Crippen molar-refractivity contribution in [1.29, 1.82) is 0 Å². The van der Waals surface area contributed by atoms with E-state index in [2.05, 4.69) is 10.2 Å². The summed E-state index contributed by atoms with van der Waals surface area (Å²) in [6.45, 7) is 0. The fourth-order valence-electron chi connectivity index (χ4n) is 2.15. The van der Waals surface area contributed by atoms with Gasteiger partial charge in [-0.1, -0.05) is 42.5 Å². The molecule has 0 amide bonds. The van der Waals surface area contributed by atoms with Gasteiger partial charge in [0.1, 0.15) is 5.69 Å². The molecule has 0 heterocycles. The summed E-state index contributed by atoms with van der Waals surface area (Å²) in [5.41, 5.74) is 0.298. The molecule has 0 radical (unpaired) electrons. The smallest absolute Gasteiger partial charge is 0.313 e. The van der Waals surface area contributed by atoms with E-state index >= 15 is 0 Å². The molecule has 0 spiro atoms. The van der Waals surface area contributed by atoms with Crippen LogP contribution in [0.4, 0.5) is 17.1 Å². The third-order valence-corrected chi connectivity index (χ3v) is 3.19. The zero-order valence-electron chi connectivity index (χ0n) is 11.8. The molecule has 3 rings (SSSR count).